The Morgan fingerprint density at radius 3 is 3.00 bits per heavy atom. The number of halogens is 1. The number of benzene rings is 1. The molecule has 16 heavy (non-hydrogen) atoms. The summed E-state index contributed by atoms with van der Waals surface area (Å²) in [5.41, 5.74) is 7.02. The summed E-state index contributed by atoms with van der Waals surface area (Å²) in [6.07, 6.45) is 0.207. The van der Waals surface area contributed by atoms with Crippen molar-refractivity contribution in [2.75, 3.05) is 0 Å². The zero-order valence-corrected chi connectivity index (χ0v) is 10.7. The molecule has 0 unspecified atom stereocenters. The molecule has 0 aliphatic heterocycles. The molecule has 1 aromatic carbocycles. The van der Waals surface area contributed by atoms with Gasteiger partial charge >= 0.3 is 0 Å². The number of rotatable bonds is 3. The van der Waals surface area contributed by atoms with Crippen LogP contribution in [-0.2, 0) is 11.2 Å². The molecular formula is C11H9BrN2OS. The van der Waals surface area contributed by atoms with Crippen LogP contribution in [-0.4, -0.2) is 10.9 Å². The number of amides is 1. The zero-order chi connectivity index (χ0) is 11.5. The summed E-state index contributed by atoms with van der Waals surface area (Å²) in [7, 11) is 0. The molecule has 1 amide bonds. The van der Waals surface area contributed by atoms with Crippen LogP contribution in [0, 0.1) is 0 Å². The van der Waals surface area contributed by atoms with Crippen molar-refractivity contribution in [2.45, 2.75) is 6.42 Å². The lowest BCUT2D eigenvalue weighted by molar-refractivity contribution is -0.117. The van der Waals surface area contributed by atoms with Crippen molar-refractivity contribution in [3.8, 4) is 11.3 Å². The summed E-state index contributed by atoms with van der Waals surface area (Å²) < 4.78 is 1.01. The number of primary amides is 1. The van der Waals surface area contributed by atoms with E-state index in [1.807, 2.05) is 29.6 Å². The predicted molar refractivity (Wildman–Crippen MR) is 68.1 cm³/mol. The Kier molecular flexibility index (Phi) is 3.36. The molecule has 0 radical (unpaired) electrons. The van der Waals surface area contributed by atoms with Gasteiger partial charge < -0.3 is 5.73 Å². The third-order valence-electron chi connectivity index (χ3n) is 2.00. The van der Waals surface area contributed by atoms with E-state index in [1.54, 1.807) is 0 Å². The molecule has 0 saturated heterocycles. The van der Waals surface area contributed by atoms with Crippen LogP contribution in [0.15, 0.2) is 34.1 Å². The SMILES string of the molecule is NC(=O)Cc1nc(-c2cccc(Br)c2)cs1. The first-order valence-electron chi connectivity index (χ1n) is 4.64. The average molecular weight is 297 g/mol. The largest absolute Gasteiger partial charge is 0.369 e. The predicted octanol–water partition coefficient (Wildman–Crippen LogP) is 2.60. The lowest BCUT2D eigenvalue weighted by Crippen LogP contribution is -2.13. The number of nitrogens with two attached hydrogens (primary N) is 1. The van der Waals surface area contributed by atoms with Gasteiger partial charge in [-0.1, -0.05) is 28.1 Å². The molecule has 82 valence electrons. The molecule has 0 atom stereocenters. The summed E-state index contributed by atoms with van der Waals surface area (Å²) in [5, 5.41) is 2.68. The number of hydrogen-bond donors (Lipinski definition) is 1. The van der Waals surface area contributed by atoms with Crippen molar-refractivity contribution < 1.29 is 4.79 Å². The molecule has 0 aliphatic carbocycles. The monoisotopic (exact) mass is 296 g/mol. The normalized spacial score (nSPS) is 10.3. The van der Waals surface area contributed by atoms with Crippen molar-refractivity contribution in [1.82, 2.24) is 4.98 Å². The van der Waals surface area contributed by atoms with Gasteiger partial charge in [0.25, 0.3) is 0 Å². The first-order valence-corrected chi connectivity index (χ1v) is 6.31. The van der Waals surface area contributed by atoms with Gasteiger partial charge in [0.1, 0.15) is 5.01 Å². The molecule has 0 spiro atoms. The summed E-state index contributed by atoms with van der Waals surface area (Å²) in [6.45, 7) is 0. The van der Waals surface area contributed by atoms with Crippen LogP contribution in [0.25, 0.3) is 11.3 Å². The lowest BCUT2D eigenvalue weighted by Gasteiger charge is -1.96. The molecule has 1 heterocycles. The number of nitrogens with zero attached hydrogens (tertiary/aromatic N) is 1. The molecule has 5 heteroatoms. The Labute approximate surface area is 105 Å². The van der Waals surface area contributed by atoms with Crippen molar-refractivity contribution in [3.63, 3.8) is 0 Å². The third kappa shape index (κ3) is 2.68. The number of carbonyl (C=O) groups excluding carboxylic acids is 1. The molecule has 2 aromatic rings. The van der Waals surface area contributed by atoms with Crippen LogP contribution in [0.5, 0.6) is 0 Å². The minimum atomic E-state index is -0.352. The average Bonchev–Trinajstić information content (AvgIpc) is 2.65. The molecule has 3 nitrogen and oxygen atoms in total. The molecule has 2 N–H and O–H groups in total. The Morgan fingerprint density at radius 2 is 2.31 bits per heavy atom. The highest BCUT2D eigenvalue weighted by Gasteiger charge is 2.06. The van der Waals surface area contributed by atoms with E-state index in [0.717, 1.165) is 20.7 Å². The Hall–Kier alpha value is -1.20. The Bertz CT molecular complexity index is 524. The fourth-order valence-corrected chi connectivity index (χ4v) is 2.53. The number of carbonyl (C=O) groups is 1. The zero-order valence-electron chi connectivity index (χ0n) is 8.31. The molecule has 0 aliphatic rings. The van der Waals surface area contributed by atoms with E-state index in [4.69, 9.17) is 5.73 Å². The van der Waals surface area contributed by atoms with Crippen LogP contribution < -0.4 is 5.73 Å². The van der Waals surface area contributed by atoms with Crippen molar-refractivity contribution in [1.29, 1.82) is 0 Å². The van der Waals surface area contributed by atoms with Gasteiger partial charge in [0.05, 0.1) is 12.1 Å². The summed E-state index contributed by atoms with van der Waals surface area (Å²) in [6, 6.07) is 7.88. The van der Waals surface area contributed by atoms with Gasteiger partial charge in [0, 0.05) is 15.4 Å². The van der Waals surface area contributed by atoms with E-state index in [1.165, 1.54) is 11.3 Å². The minimum Gasteiger partial charge on any atom is -0.369 e. The molecular weight excluding hydrogens is 288 g/mol. The third-order valence-corrected chi connectivity index (χ3v) is 3.34. The van der Waals surface area contributed by atoms with Crippen molar-refractivity contribution in [3.05, 3.63) is 39.1 Å². The van der Waals surface area contributed by atoms with Crippen molar-refractivity contribution in [2.24, 2.45) is 5.73 Å². The fraction of sp³-hybridized carbons (Fsp3) is 0.0909. The van der Waals surface area contributed by atoms with Gasteiger partial charge in [-0.2, -0.15) is 0 Å². The van der Waals surface area contributed by atoms with Gasteiger partial charge in [-0.15, -0.1) is 11.3 Å². The second-order valence-corrected chi connectivity index (χ2v) is 5.14. The molecule has 0 bridgehead atoms. The maximum atomic E-state index is 10.7. The van der Waals surface area contributed by atoms with E-state index in [9.17, 15) is 4.79 Å². The first kappa shape index (κ1) is 11.3. The summed E-state index contributed by atoms with van der Waals surface area (Å²) in [5.74, 6) is -0.352. The van der Waals surface area contributed by atoms with Gasteiger partial charge in [-0.05, 0) is 12.1 Å². The summed E-state index contributed by atoms with van der Waals surface area (Å²) in [4.78, 5) is 15.1. The Morgan fingerprint density at radius 1 is 1.50 bits per heavy atom. The highest BCUT2D eigenvalue weighted by Crippen LogP contribution is 2.24. The molecule has 0 saturated carbocycles. The maximum absolute atomic E-state index is 10.7. The van der Waals surface area contributed by atoms with Crippen LogP contribution in [0.4, 0.5) is 0 Å². The summed E-state index contributed by atoms with van der Waals surface area (Å²) >= 11 is 4.86. The van der Waals surface area contributed by atoms with E-state index in [0.29, 0.717) is 0 Å². The highest BCUT2D eigenvalue weighted by atomic mass is 79.9. The van der Waals surface area contributed by atoms with Crippen molar-refractivity contribution >= 4 is 33.2 Å². The van der Waals surface area contributed by atoms with Gasteiger partial charge in [0.2, 0.25) is 5.91 Å². The minimum absolute atomic E-state index is 0.207. The van der Waals surface area contributed by atoms with E-state index in [2.05, 4.69) is 20.9 Å². The number of aromatic nitrogens is 1. The molecule has 0 fully saturated rings. The number of hydrogen-bond acceptors (Lipinski definition) is 3. The van der Waals surface area contributed by atoms with E-state index in [-0.39, 0.29) is 12.3 Å². The second kappa shape index (κ2) is 4.76. The standard InChI is InChI=1S/C11H9BrN2OS/c12-8-3-1-2-7(4-8)9-6-16-11(14-9)5-10(13)15/h1-4,6H,5H2,(H2,13,15). The van der Waals surface area contributed by atoms with Gasteiger partial charge in [-0.25, -0.2) is 4.98 Å². The highest BCUT2D eigenvalue weighted by molar-refractivity contribution is 9.10. The van der Waals surface area contributed by atoms with Crippen LogP contribution in [0.3, 0.4) is 0 Å². The first-order chi connectivity index (χ1) is 7.65. The van der Waals surface area contributed by atoms with Crippen LogP contribution in [0.2, 0.25) is 0 Å². The topological polar surface area (TPSA) is 56.0 Å². The van der Waals surface area contributed by atoms with Gasteiger partial charge in [-0.3, -0.25) is 4.79 Å². The number of thiazole rings is 1. The van der Waals surface area contributed by atoms with Crippen LogP contribution in [0.1, 0.15) is 5.01 Å². The smallest absolute Gasteiger partial charge is 0.224 e. The quantitative estimate of drug-likeness (QED) is 0.946. The van der Waals surface area contributed by atoms with E-state index < -0.39 is 0 Å². The molecule has 2 rings (SSSR count). The van der Waals surface area contributed by atoms with E-state index >= 15 is 0 Å². The van der Waals surface area contributed by atoms with Gasteiger partial charge in [0.15, 0.2) is 0 Å². The van der Waals surface area contributed by atoms with Crippen LogP contribution >= 0.6 is 27.3 Å². The fourth-order valence-electron chi connectivity index (χ4n) is 1.32. The Balaban J connectivity index is 2.28. The second-order valence-electron chi connectivity index (χ2n) is 3.28. The maximum Gasteiger partial charge on any atom is 0.224 e. The lowest BCUT2D eigenvalue weighted by atomic mass is 10.2. The molecule has 1 aromatic heterocycles.